The molecule has 0 atom stereocenters. The molecule has 0 aliphatic rings. The second-order valence-corrected chi connectivity index (χ2v) is 5.68. The van der Waals surface area contributed by atoms with E-state index >= 15 is 0 Å². The summed E-state index contributed by atoms with van der Waals surface area (Å²) in [7, 11) is 0. The van der Waals surface area contributed by atoms with E-state index in [1.807, 2.05) is 43.3 Å². The van der Waals surface area contributed by atoms with Crippen molar-refractivity contribution in [1.82, 2.24) is 5.32 Å². The van der Waals surface area contributed by atoms with Gasteiger partial charge in [0.05, 0.1) is 0 Å². The maximum absolute atomic E-state index is 11.8. The number of halogens is 1. The molecule has 0 fully saturated rings. The number of benzene rings is 2. The quantitative estimate of drug-likeness (QED) is 0.798. The van der Waals surface area contributed by atoms with Gasteiger partial charge in [-0.1, -0.05) is 48.0 Å². The second kappa shape index (κ2) is 8.34. The number of carbonyl (C=O) groups excluding carboxylic acids is 2. The van der Waals surface area contributed by atoms with E-state index in [2.05, 4.69) is 10.6 Å². The lowest BCUT2D eigenvalue weighted by Gasteiger charge is -2.08. The molecule has 0 bridgehead atoms. The lowest BCUT2D eigenvalue weighted by Crippen LogP contribution is -2.29. The Morgan fingerprint density at radius 3 is 2.48 bits per heavy atom. The van der Waals surface area contributed by atoms with Crippen LogP contribution in [0.4, 0.5) is 5.69 Å². The molecule has 0 aliphatic carbocycles. The lowest BCUT2D eigenvalue weighted by molar-refractivity contribution is -0.126. The maximum Gasteiger partial charge on any atom is 0.233 e. The third-order valence-corrected chi connectivity index (χ3v) is 3.76. The average molecular weight is 331 g/mol. The van der Waals surface area contributed by atoms with Gasteiger partial charge in [-0.3, -0.25) is 9.59 Å². The molecule has 0 radical (unpaired) electrons. The number of anilines is 1. The monoisotopic (exact) mass is 330 g/mol. The van der Waals surface area contributed by atoms with Crippen molar-refractivity contribution in [2.24, 2.45) is 0 Å². The molecule has 23 heavy (non-hydrogen) atoms. The number of hydrogen-bond acceptors (Lipinski definition) is 2. The van der Waals surface area contributed by atoms with Crippen molar-refractivity contribution in [3.8, 4) is 0 Å². The number of nitrogens with one attached hydrogen (secondary N) is 2. The van der Waals surface area contributed by atoms with Crippen LogP contribution in [-0.2, 0) is 16.0 Å². The van der Waals surface area contributed by atoms with Crippen LogP contribution in [0.2, 0.25) is 5.02 Å². The van der Waals surface area contributed by atoms with Crippen LogP contribution in [0.25, 0.3) is 0 Å². The zero-order valence-corrected chi connectivity index (χ0v) is 13.7. The Morgan fingerprint density at radius 2 is 1.78 bits per heavy atom. The van der Waals surface area contributed by atoms with Crippen LogP contribution in [0.3, 0.4) is 0 Å². The molecule has 0 saturated carbocycles. The molecule has 4 nitrogen and oxygen atoms in total. The van der Waals surface area contributed by atoms with Crippen LogP contribution < -0.4 is 10.6 Å². The van der Waals surface area contributed by atoms with Crippen molar-refractivity contribution in [3.63, 3.8) is 0 Å². The van der Waals surface area contributed by atoms with E-state index in [0.29, 0.717) is 17.3 Å². The number of hydrogen-bond donors (Lipinski definition) is 2. The van der Waals surface area contributed by atoms with Crippen molar-refractivity contribution >= 4 is 29.1 Å². The number of rotatable bonds is 6. The maximum atomic E-state index is 11.8. The molecule has 0 heterocycles. The molecule has 2 rings (SSSR count). The van der Waals surface area contributed by atoms with E-state index in [9.17, 15) is 9.59 Å². The Morgan fingerprint density at radius 1 is 1.04 bits per heavy atom. The van der Waals surface area contributed by atoms with Gasteiger partial charge in [-0.2, -0.15) is 0 Å². The van der Waals surface area contributed by atoms with Gasteiger partial charge in [0, 0.05) is 17.3 Å². The van der Waals surface area contributed by atoms with Crippen molar-refractivity contribution in [3.05, 3.63) is 64.7 Å². The summed E-state index contributed by atoms with van der Waals surface area (Å²) in [5, 5.41) is 5.99. The molecule has 0 aromatic heterocycles. The van der Waals surface area contributed by atoms with Crippen LogP contribution in [0.1, 0.15) is 17.5 Å². The smallest absolute Gasteiger partial charge is 0.233 e. The van der Waals surface area contributed by atoms with E-state index in [1.54, 1.807) is 12.1 Å². The van der Waals surface area contributed by atoms with Crippen LogP contribution in [0.5, 0.6) is 0 Å². The molecule has 2 N–H and O–H groups in total. The van der Waals surface area contributed by atoms with Crippen molar-refractivity contribution in [1.29, 1.82) is 0 Å². The molecule has 120 valence electrons. The highest BCUT2D eigenvalue weighted by molar-refractivity contribution is 6.31. The normalized spacial score (nSPS) is 10.2. The fourth-order valence-electron chi connectivity index (χ4n) is 2.08. The van der Waals surface area contributed by atoms with Gasteiger partial charge in [-0.15, -0.1) is 0 Å². The van der Waals surface area contributed by atoms with Gasteiger partial charge in [-0.25, -0.2) is 0 Å². The topological polar surface area (TPSA) is 58.2 Å². The highest BCUT2D eigenvalue weighted by Gasteiger charge is 2.09. The van der Waals surface area contributed by atoms with Gasteiger partial charge in [0.25, 0.3) is 0 Å². The number of carbonyl (C=O) groups is 2. The molecular weight excluding hydrogens is 312 g/mol. The Labute approximate surface area is 140 Å². The number of amides is 2. The van der Waals surface area contributed by atoms with E-state index in [4.69, 9.17) is 11.6 Å². The van der Waals surface area contributed by atoms with E-state index < -0.39 is 0 Å². The summed E-state index contributed by atoms with van der Waals surface area (Å²) in [5.74, 6) is -0.654. The first-order chi connectivity index (χ1) is 11.0. The molecule has 2 amide bonds. The van der Waals surface area contributed by atoms with Crippen LogP contribution >= 0.6 is 11.6 Å². The van der Waals surface area contributed by atoms with Crippen LogP contribution in [-0.4, -0.2) is 18.4 Å². The van der Waals surface area contributed by atoms with Gasteiger partial charge in [0.15, 0.2) is 0 Å². The number of aryl methyl sites for hydroxylation is 1. The predicted molar refractivity (Wildman–Crippen MR) is 92.6 cm³/mol. The van der Waals surface area contributed by atoms with E-state index in [1.165, 1.54) is 0 Å². The molecule has 2 aromatic rings. The first kappa shape index (κ1) is 17.0. The lowest BCUT2D eigenvalue weighted by atomic mass is 10.1. The molecular formula is C18H19ClN2O2. The fourth-order valence-corrected chi connectivity index (χ4v) is 2.26. The Hall–Kier alpha value is -2.33. The zero-order valence-electron chi connectivity index (χ0n) is 12.9. The SMILES string of the molecule is Cc1ccc(NC(=O)CC(=O)NCCc2ccccc2)cc1Cl. The molecule has 0 spiro atoms. The second-order valence-electron chi connectivity index (χ2n) is 5.27. The summed E-state index contributed by atoms with van der Waals surface area (Å²) in [4.78, 5) is 23.6. The zero-order chi connectivity index (χ0) is 16.7. The fraction of sp³-hybridized carbons (Fsp3) is 0.222. The van der Waals surface area contributed by atoms with Gasteiger partial charge in [0.2, 0.25) is 11.8 Å². The Balaban J connectivity index is 1.74. The van der Waals surface area contributed by atoms with Crippen molar-refractivity contribution in [2.45, 2.75) is 19.8 Å². The van der Waals surface area contributed by atoms with Crippen molar-refractivity contribution < 1.29 is 9.59 Å². The molecule has 0 unspecified atom stereocenters. The van der Waals surface area contributed by atoms with Gasteiger partial charge >= 0.3 is 0 Å². The third-order valence-electron chi connectivity index (χ3n) is 3.36. The van der Waals surface area contributed by atoms with E-state index in [0.717, 1.165) is 17.5 Å². The largest absolute Gasteiger partial charge is 0.355 e. The first-order valence-corrected chi connectivity index (χ1v) is 7.79. The van der Waals surface area contributed by atoms with Crippen LogP contribution in [0, 0.1) is 6.92 Å². The summed E-state index contributed by atoms with van der Waals surface area (Å²) in [6.45, 7) is 2.39. The highest BCUT2D eigenvalue weighted by atomic mass is 35.5. The molecule has 2 aromatic carbocycles. The summed E-state index contributed by atoms with van der Waals surface area (Å²) in [6, 6.07) is 15.1. The summed E-state index contributed by atoms with van der Waals surface area (Å²) >= 11 is 6.00. The minimum atomic E-state index is -0.359. The van der Waals surface area contributed by atoms with Gasteiger partial charge in [0.1, 0.15) is 6.42 Å². The van der Waals surface area contributed by atoms with Gasteiger partial charge in [-0.05, 0) is 36.6 Å². The van der Waals surface area contributed by atoms with Gasteiger partial charge < -0.3 is 10.6 Å². The standard InChI is InChI=1S/C18H19ClN2O2/c1-13-7-8-15(11-16(13)19)21-18(23)12-17(22)20-10-9-14-5-3-2-4-6-14/h2-8,11H,9-10,12H2,1H3,(H,20,22)(H,21,23). The molecule has 0 aliphatic heterocycles. The summed E-state index contributed by atoms with van der Waals surface area (Å²) in [5.41, 5.74) is 2.66. The minimum absolute atomic E-state index is 0.208. The minimum Gasteiger partial charge on any atom is -0.355 e. The Kier molecular flexibility index (Phi) is 6.18. The highest BCUT2D eigenvalue weighted by Crippen LogP contribution is 2.19. The molecule has 5 heteroatoms. The van der Waals surface area contributed by atoms with E-state index in [-0.39, 0.29) is 18.2 Å². The summed E-state index contributed by atoms with van der Waals surface area (Å²) < 4.78 is 0. The average Bonchev–Trinajstić information content (AvgIpc) is 2.52. The molecule has 0 saturated heterocycles. The van der Waals surface area contributed by atoms with Crippen molar-refractivity contribution in [2.75, 3.05) is 11.9 Å². The van der Waals surface area contributed by atoms with Crippen LogP contribution in [0.15, 0.2) is 48.5 Å². The third kappa shape index (κ3) is 5.75. The summed E-state index contributed by atoms with van der Waals surface area (Å²) in [6.07, 6.45) is 0.530. The predicted octanol–water partition coefficient (Wildman–Crippen LogP) is 3.34. The Bertz CT molecular complexity index is 687. The first-order valence-electron chi connectivity index (χ1n) is 7.41.